The predicted octanol–water partition coefficient (Wildman–Crippen LogP) is 3.93. The largest absolute Gasteiger partial charge is 0.444 e. The SMILES string of the molecule is C#CCCC1(CCC(=O)NC2(CNC(=O)OC(C)(C)C)CC3CCC2CC3)N=N1. The molecule has 4 aliphatic rings. The Bertz CT molecular complexity index is 692. The van der Waals surface area contributed by atoms with Crippen LogP contribution < -0.4 is 10.6 Å². The molecule has 0 aromatic heterocycles. The average Bonchev–Trinajstić information content (AvgIpc) is 3.43. The maximum absolute atomic E-state index is 12.8. The van der Waals surface area contributed by atoms with Gasteiger partial charge in [-0.15, -0.1) is 12.3 Å². The number of nitrogens with zero attached hydrogens (tertiary/aromatic N) is 2. The lowest BCUT2D eigenvalue weighted by molar-refractivity contribution is -0.125. The first-order valence-corrected chi connectivity index (χ1v) is 10.8. The molecule has 1 aliphatic heterocycles. The van der Waals surface area contributed by atoms with Crippen molar-refractivity contribution in [2.45, 2.75) is 95.4 Å². The third kappa shape index (κ3) is 5.71. The fraction of sp³-hybridized carbons (Fsp3) is 0.818. The summed E-state index contributed by atoms with van der Waals surface area (Å²) in [6.45, 7) is 5.94. The number of amides is 2. The van der Waals surface area contributed by atoms with Gasteiger partial charge in [0.2, 0.25) is 5.91 Å². The molecule has 0 radical (unpaired) electrons. The summed E-state index contributed by atoms with van der Waals surface area (Å²) in [6, 6.07) is 0. The summed E-state index contributed by atoms with van der Waals surface area (Å²) < 4.78 is 5.39. The standard InChI is InChI=1S/C22H34N4O3/c1-5-6-12-22(25-26-22)13-11-18(27)24-21(14-16-7-9-17(21)10-8-16)15-23-19(28)29-20(2,3)4/h1,16-17H,6-15H2,2-4H3,(H,23,28)(H,24,27). The minimum absolute atomic E-state index is 0.000853. The molecule has 1 unspecified atom stereocenters. The van der Waals surface area contributed by atoms with Crippen molar-refractivity contribution in [3.63, 3.8) is 0 Å². The van der Waals surface area contributed by atoms with Gasteiger partial charge in [-0.05, 0) is 51.9 Å². The van der Waals surface area contributed by atoms with Gasteiger partial charge in [0.25, 0.3) is 0 Å². The molecule has 3 saturated carbocycles. The zero-order valence-electron chi connectivity index (χ0n) is 17.9. The zero-order valence-corrected chi connectivity index (χ0v) is 17.9. The highest BCUT2D eigenvalue weighted by atomic mass is 16.6. The number of terminal acetylenes is 1. The van der Waals surface area contributed by atoms with Gasteiger partial charge in [0, 0.05) is 32.2 Å². The summed E-state index contributed by atoms with van der Waals surface area (Å²) in [5.41, 5.74) is -1.38. The minimum atomic E-state index is -0.546. The summed E-state index contributed by atoms with van der Waals surface area (Å²) in [4.78, 5) is 25.1. The van der Waals surface area contributed by atoms with Crippen LogP contribution in [-0.2, 0) is 9.53 Å². The summed E-state index contributed by atoms with van der Waals surface area (Å²) in [6.07, 6.45) is 12.7. The van der Waals surface area contributed by atoms with Crippen molar-refractivity contribution < 1.29 is 14.3 Å². The molecule has 4 rings (SSSR count). The number of alkyl carbamates (subject to hydrolysis) is 1. The highest BCUT2D eigenvalue weighted by Gasteiger charge is 2.49. The van der Waals surface area contributed by atoms with Gasteiger partial charge in [-0.25, -0.2) is 4.79 Å². The molecule has 0 aromatic rings. The summed E-state index contributed by atoms with van der Waals surface area (Å²) in [7, 11) is 0. The molecule has 0 saturated heterocycles. The smallest absolute Gasteiger partial charge is 0.407 e. The highest BCUT2D eigenvalue weighted by molar-refractivity contribution is 5.77. The third-order valence-corrected chi connectivity index (χ3v) is 6.42. The van der Waals surface area contributed by atoms with Crippen LogP contribution in [0.15, 0.2) is 10.2 Å². The number of carbonyl (C=O) groups is 2. The predicted molar refractivity (Wildman–Crippen MR) is 110 cm³/mol. The second-order valence-electron chi connectivity index (χ2n) is 9.87. The summed E-state index contributed by atoms with van der Waals surface area (Å²) in [5.74, 6) is 3.61. The van der Waals surface area contributed by atoms with Crippen LogP contribution in [0.1, 0.15) is 78.6 Å². The quantitative estimate of drug-likeness (QED) is 0.603. The van der Waals surface area contributed by atoms with Crippen molar-refractivity contribution in [1.82, 2.24) is 10.6 Å². The van der Waals surface area contributed by atoms with Crippen LogP contribution in [0.3, 0.4) is 0 Å². The van der Waals surface area contributed by atoms with E-state index in [0.717, 1.165) is 19.3 Å². The van der Waals surface area contributed by atoms with Crippen molar-refractivity contribution in [2.75, 3.05) is 6.54 Å². The average molecular weight is 403 g/mol. The first kappa shape index (κ1) is 21.6. The second-order valence-corrected chi connectivity index (χ2v) is 9.87. The molecule has 0 spiro atoms. The van der Waals surface area contributed by atoms with E-state index >= 15 is 0 Å². The van der Waals surface area contributed by atoms with Crippen LogP contribution in [0.2, 0.25) is 0 Å². The van der Waals surface area contributed by atoms with Crippen molar-refractivity contribution in [3.05, 3.63) is 0 Å². The molecule has 29 heavy (non-hydrogen) atoms. The number of rotatable bonds is 8. The zero-order chi connectivity index (χ0) is 21.1. The first-order chi connectivity index (χ1) is 13.7. The number of hydrogen-bond donors (Lipinski definition) is 2. The fourth-order valence-corrected chi connectivity index (χ4v) is 4.88. The summed E-state index contributed by atoms with van der Waals surface area (Å²) >= 11 is 0. The maximum Gasteiger partial charge on any atom is 0.407 e. The van der Waals surface area contributed by atoms with Gasteiger partial charge in [0.15, 0.2) is 5.66 Å². The van der Waals surface area contributed by atoms with Gasteiger partial charge in [-0.2, -0.15) is 10.2 Å². The van der Waals surface area contributed by atoms with Crippen LogP contribution in [0.25, 0.3) is 0 Å². The van der Waals surface area contributed by atoms with E-state index in [-0.39, 0.29) is 11.4 Å². The molecule has 0 aromatic carbocycles. The number of nitrogens with one attached hydrogen (secondary N) is 2. The Kier molecular flexibility index (Phi) is 6.21. The van der Waals surface area contributed by atoms with Crippen LogP contribution in [0.4, 0.5) is 4.79 Å². The van der Waals surface area contributed by atoms with E-state index in [1.165, 1.54) is 12.8 Å². The second kappa shape index (κ2) is 8.33. The van der Waals surface area contributed by atoms with Gasteiger partial charge < -0.3 is 15.4 Å². The van der Waals surface area contributed by atoms with Crippen molar-refractivity contribution in [2.24, 2.45) is 22.1 Å². The summed E-state index contributed by atoms with van der Waals surface area (Å²) in [5, 5.41) is 14.5. The number of carbonyl (C=O) groups excluding carboxylic acids is 2. The molecule has 1 heterocycles. The highest BCUT2D eigenvalue weighted by Crippen LogP contribution is 2.47. The molecular formula is C22H34N4O3. The van der Waals surface area contributed by atoms with Crippen molar-refractivity contribution in [1.29, 1.82) is 0 Å². The van der Waals surface area contributed by atoms with E-state index in [1.54, 1.807) is 0 Å². The van der Waals surface area contributed by atoms with Crippen LogP contribution in [0.5, 0.6) is 0 Å². The number of fused-ring (bicyclic) bond motifs is 3. The van der Waals surface area contributed by atoms with Crippen LogP contribution in [0, 0.1) is 24.2 Å². The van der Waals surface area contributed by atoms with E-state index in [2.05, 4.69) is 26.8 Å². The Morgan fingerprint density at radius 3 is 2.38 bits per heavy atom. The molecule has 7 heteroatoms. The molecule has 2 N–H and O–H groups in total. The van der Waals surface area contributed by atoms with E-state index in [0.29, 0.717) is 44.1 Å². The van der Waals surface area contributed by atoms with Crippen LogP contribution in [-0.4, -0.2) is 35.3 Å². The third-order valence-electron chi connectivity index (χ3n) is 6.42. The Labute approximate surface area is 173 Å². The lowest BCUT2D eigenvalue weighted by Crippen LogP contribution is -2.64. The van der Waals surface area contributed by atoms with E-state index in [9.17, 15) is 9.59 Å². The van der Waals surface area contributed by atoms with Gasteiger partial charge in [0.1, 0.15) is 5.60 Å². The maximum atomic E-state index is 12.8. The molecule has 160 valence electrons. The van der Waals surface area contributed by atoms with E-state index in [1.807, 2.05) is 20.8 Å². The Morgan fingerprint density at radius 2 is 1.86 bits per heavy atom. The molecule has 2 amide bonds. The topological polar surface area (TPSA) is 92.2 Å². The molecule has 1 atom stereocenters. The molecule has 2 bridgehead atoms. The molecule has 7 nitrogen and oxygen atoms in total. The minimum Gasteiger partial charge on any atom is -0.444 e. The molecular weight excluding hydrogens is 368 g/mol. The lowest BCUT2D eigenvalue weighted by atomic mass is 9.60. The Balaban J connectivity index is 1.58. The first-order valence-electron chi connectivity index (χ1n) is 10.8. The number of hydrogen-bond acceptors (Lipinski definition) is 5. The normalized spacial score (nSPS) is 29.0. The van der Waals surface area contributed by atoms with Gasteiger partial charge >= 0.3 is 6.09 Å². The molecule has 3 fully saturated rings. The van der Waals surface area contributed by atoms with Gasteiger partial charge in [0.05, 0.1) is 5.54 Å². The Hall–Kier alpha value is -2.10. The van der Waals surface area contributed by atoms with Crippen LogP contribution >= 0.6 is 0 Å². The Morgan fingerprint density at radius 1 is 1.17 bits per heavy atom. The monoisotopic (exact) mass is 402 g/mol. The fourth-order valence-electron chi connectivity index (χ4n) is 4.88. The number of ether oxygens (including phenoxy) is 1. The van der Waals surface area contributed by atoms with Gasteiger partial charge in [-0.3, -0.25) is 4.79 Å². The van der Waals surface area contributed by atoms with Crippen molar-refractivity contribution >= 4 is 12.0 Å². The van der Waals surface area contributed by atoms with Crippen molar-refractivity contribution in [3.8, 4) is 12.3 Å². The van der Waals surface area contributed by atoms with E-state index < -0.39 is 17.4 Å². The van der Waals surface area contributed by atoms with Gasteiger partial charge in [-0.1, -0.05) is 12.8 Å². The molecule has 3 aliphatic carbocycles. The van der Waals surface area contributed by atoms with E-state index in [4.69, 9.17) is 11.2 Å². The lowest BCUT2D eigenvalue weighted by Gasteiger charge is -2.52.